The van der Waals surface area contributed by atoms with Crippen LogP contribution in [0.3, 0.4) is 0 Å². The molecule has 0 aliphatic carbocycles. The summed E-state index contributed by atoms with van der Waals surface area (Å²) in [7, 11) is 0. The van der Waals surface area contributed by atoms with E-state index in [1.54, 1.807) is 0 Å². The fraction of sp³-hybridized carbons (Fsp3) is 0.750. The highest BCUT2D eigenvalue weighted by Crippen LogP contribution is 1.96. The lowest BCUT2D eigenvalue weighted by Gasteiger charge is -2.12. The van der Waals surface area contributed by atoms with Gasteiger partial charge in [0, 0.05) is 18.3 Å². The van der Waals surface area contributed by atoms with Gasteiger partial charge in [0.25, 0.3) is 0 Å². The minimum absolute atomic E-state index is 0.0225. The molecular formula is C8H13ClN2O. The minimum Gasteiger partial charge on any atom is -0.352 e. The Morgan fingerprint density at radius 1 is 1.75 bits per heavy atom. The Hall–Kier alpha value is -0.750. The van der Waals surface area contributed by atoms with Crippen LogP contribution in [0.4, 0.5) is 0 Å². The first-order valence-electron chi connectivity index (χ1n) is 3.96. The van der Waals surface area contributed by atoms with Gasteiger partial charge in [-0.05, 0) is 6.42 Å². The van der Waals surface area contributed by atoms with E-state index in [9.17, 15) is 4.79 Å². The molecule has 0 fully saturated rings. The molecule has 0 rings (SSSR count). The van der Waals surface area contributed by atoms with E-state index in [1.165, 1.54) is 0 Å². The minimum atomic E-state index is -0.0768. The van der Waals surface area contributed by atoms with E-state index in [4.69, 9.17) is 16.9 Å². The Balaban J connectivity index is 3.70. The molecule has 1 unspecified atom stereocenters. The monoisotopic (exact) mass is 188 g/mol. The molecule has 0 aromatic rings. The highest BCUT2D eigenvalue weighted by Gasteiger charge is 2.08. The Labute approximate surface area is 77.7 Å². The molecule has 0 bridgehead atoms. The molecule has 0 saturated heterocycles. The second-order valence-electron chi connectivity index (χ2n) is 2.47. The molecule has 12 heavy (non-hydrogen) atoms. The van der Waals surface area contributed by atoms with Crippen molar-refractivity contribution in [3.8, 4) is 6.07 Å². The number of carbonyl (C=O) groups excluding carboxylic acids is 1. The van der Waals surface area contributed by atoms with Crippen LogP contribution in [0.25, 0.3) is 0 Å². The van der Waals surface area contributed by atoms with Gasteiger partial charge < -0.3 is 5.32 Å². The maximum Gasteiger partial charge on any atom is 0.221 e. The number of carbonyl (C=O) groups is 1. The van der Waals surface area contributed by atoms with Crippen LogP contribution in [-0.4, -0.2) is 17.8 Å². The quantitative estimate of drug-likeness (QED) is 0.664. The summed E-state index contributed by atoms with van der Waals surface area (Å²) in [5, 5.41) is 11.1. The largest absolute Gasteiger partial charge is 0.352 e. The predicted octanol–water partition coefficient (Wildman–Crippen LogP) is 1.42. The lowest BCUT2D eigenvalue weighted by molar-refractivity contribution is -0.121. The zero-order valence-corrected chi connectivity index (χ0v) is 7.90. The van der Waals surface area contributed by atoms with Gasteiger partial charge in [0.15, 0.2) is 0 Å². The van der Waals surface area contributed by atoms with Gasteiger partial charge in [0.1, 0.15) is 0 Å². The molecule has 0 aliphatic heterocycles. The molecule has 0 saturated carbocycles. The first-order valence-corrected chi connectivity index (χ1v) is 4.50. The van der Waals surface area contributed by atoms with Crippen LogP contribution in [0.2, 0.25) is 0 Å². The molecule has 1 atom stereocenters. The Kier molecular flexibility index (Phi) is 6.50. The summed E-state index contributed by atoms with van der Waals surface area (Å²) in [4.78, 5) is 11.0. The van der Waals surface area contributed by atoms with Crippen LogP contribution >= 0.6 is 11.6 Å². The number of nitrogens with zero attached hydrogens (tertiary/aromatic N) is 1. The van der Waals surface area contributed by atoms with Gasteiger partial charge in [0.2, 0.25) is 5.91 Å². The van der Waals surface area contributed by atoms with Crippen LogP contribution in [-0.2, 0) is 4.79 Å². The van der Waals surface area contributed by atoms with E-state index in [0.29, 0.717) is 18.7 Å². The molecule has 4 heteroatoms. The average molecular weight is 189 g/mol. The smallest absolute Gasteiger partial charge is 0.221 e. The van der Waals surface area contributed by atoms with Gasteiger partial charge >= 0.3 is 0 Å². The number of nitriles is 1. The second kappa shape index (κ2) is 6.93. The fourth-order valence-electron chi connectivity index (χ4n) is 0.793. The molecule has 0 aromatic carbocycles. The Bertz CT molecular complexity index is 176. The third-order valence-electron chi connectivity index (χ3n) is 1.52. The molecule has 1 amide bonds. The van der Waals surface area contributed by atoms with Crippen molar-refractivity contribution in [1.29, 1.82) is 5.26 Å². The van der Waals surface area contributed by atoms with Crippen molar-refractivity contribution in [2.45, 2.75) is 32.2 Å². The lowest BCUT2D eigenvalue weighted by Crippen LogP contribution is -2.34. The number of rotatable bonds is 5. The summed E-state index contributed by atoms with van der Waals surface area (Å²) in [6.45, 7) is 1.93. The van der Waals surface area contributed by atoms with Crippen molar-refractivity contribution < 1.29 is 4.79 Å². The molecule has 3 nitrogen and oxygen atoms in total. The zero-order chi connectivity index (χ0) is 9.40. The summed E-state index contributed by atoms with van der Waals surface area (Å²) < 4.78 is 0. The van der Waals surface area contributed by atoms with Crippen molar-refractivity contribution in [3.05, 3.63) is 0 Å². The standard InChI is InChI=1S/C8H13ClN2O/c1-2-7(4-6-10)11-8(12)3-5-9/h7H,2-5H2,1H3,(H,11,12). The number of hydrogen-bond acceptors (Lipinski definition) is 2. The number of halogens is 1. The summed E-state index contributed by atoms with van der Waals surface area (Å²) in [5.41, 5.74) is 0. The van der Waals surface area contributed by atoms with Crippen LogP contribution < -0.4 is 5.32 Å². The molecule has 1 N–H and O–H groups in total. The Morgan fingerprint density at radius 2 is 2.42 bits per heavy atom. The lowest BCUT2D eigenvalue weighted by atomic mass is 10.1. The van der Waals surface area contributed by atoms with Gasteiger partial charge in [-0.3, -0.25) is 4.79 Å². The summed E-state index contributed by atoms with van der Waals surface area (Å²) in [6.07, 6.45) is 1.47. The SMILES string of the molecule is CCC(CC#N)NC(=O)CCCl. The molecule has 0 spiro atoms. The first kappa shape index (κ1) is 11.2. The highest BCUT2D eigenvalue weighted by molar-refractivity contribution is 6.18. The van der Waals surface area contributed by atoms with E-state index >= 15 is 0 Å². The molecule has 0 heterocycles. The van der Waals surface area contributed by atoms with E-state index in [2.05, 4.69) is 5.32 Å². The topological polar surface area (TPSA) is 52.9 Å². The van der Waals surface area contributed by atoms with Gasteiger partial charge in [-0.2, -0.15) is 5.26 Å². The number of hydrogen-bond donors (Lipinski definition) is 1. The number of amides is 1. The van der Waals surface area contributed by atoms with Crippen LogP contribution in [0, 0.1) is 11.3 Å². The van der Waals surface area contributed by atoms with Crippen molar-refractivity contribution in [1.82, 2.24) is 5.32 Å². The third kappa shape index (κ3) is 4.97. The van der Waals surface area contributed by atoms with Crippen LogP contribution in [0.1, 0.15) is 26.2 Å². The van der Waals surface area contributed by atoms with E-state index in [1.807, 2.05) is 13.0 Å². The number of alkyl halides is 1. The maximum absolute atomic E-state index is 11.0. The van der Waals surface area contributed by atoms with Crippen molar-refractivity contribution in [2.24, 2.45) is 0 Å². The predicted molar refractivity (Wildman–Crippen MR) is 47.8 cm³/mol. The molecule has 68 valence electrons. The molecule has 0 radical (unpaired) electrons. The molecule has 0 aromatic heterocycles. The second-order valence-corrected chi connectivity index (χ2v) is 2.85. The molecule has 0 aliphatic rings. The summed E-state index contributed by atoms with van der Waals surface area (Å²) >= 11 is 5.37. The van der Waals surface area contributed by atoms with Gasteiger partial charge in [-0.1, -0.05) is 6.92 Å². The van der Waals surface area contributed by atoms with Crippen LogP contribution in [0.15, 0.2) is 0 Å². The highest BCUT2D eigenvalue weighted by atomic mass is 35.5. The first-order chi connectivity index (χ1) is 5.74. The van der Waals surface area contributed by atoms with Gasteiger partial charge in [-0.15, -0.1) is 11.6 Å². The normalized spacial score (nSPS) is 11.8. The van der Waals surface area contributed by atoms with E-state index < -0.39 is 0 Å². The zero-order valence-electron chi connectivity index (χ0n) is 7.14. The summed E-state index contributed by atoms with van der Waals surface area (Å²) in [6, 6.07) is 2.00. The van der Waals surface area contributed by atoms with Crippen LogP contribution in [0.5, 0.6) is 0 Å². The number of nitrogens with one attached hydrogen (secondary N) is 1. The van der Waals surface area contributed by atoms with Gasteiger partial charge in [-0.25, -0.2) is 0 Å². The van der Waals surface area contributed by atoms with Crippen molar-refractivity contribution >= 4 is 17.5 Å². The Morgan fingerprint density at radius 3 is 2.83 bits per heavy atom. The average Bonchev–Trinajstić information content (AvgIpc) is 2.04. The fourth-order valence-corrected chi connectivity index (χ4v) is 0.965. The summed E-state index contributed by atoms with van der Waals surface area (Å²) in [5.74, 6) is 0.251. The molecular weight excluding hydrogens is 176 g/mol. The third-order valence-corrected chi connectivity index (χ3v) is 1.71. The van der Waals surface area contributed by atoms with E-state index in [-0.39, 0.29) is 11.9 Å². The van der Waals surface area contributed by atoms with E-state index in [0.717, 1.165) is 6.42 Å². The van der Waals surface area contributed by atoms with Crippen molar-refractivity contribution in [2.75, 3.05) is 5.88 Å². The van der Waals surface area contributed by atoms with Gasteiger partial charge in [0.05, 0.1) is 12.5 Å². The van der Waals surface area contributed by atoms with Crippen molar-refractivity contribution in [3.63, 3.8) is 0 Å². The maximum atomic E-state index is 11.0.